The minimum Gasteiger partial charge on any atom is -0.489 e. The molecular formula is C23H20N4OS. The van der Waals surface area contributed by atoms with Gasteiger partial charge in [-0.3, -0.25) is 0 Å². The highest BCUT2D eigenvalue weighted by molar-refractivity contribution is 7.98. The first kappa shape index (κ1) is 17.8. The third-order valence-electron chi connectivity index (χ3n) is 4.79. The Kier molecular flexibility index (Phi) is 4.92. The lowest BCUT2D eigenvalue weighted by atomic mass is 10.1. The van der Waals surface area contributed by atoms with Crippen molar-refractivity contribution in [3.8, 4) is 5.75 Å². The van der Waals surface area contributed by atoms with Gasteiger partial charge in [0.1, 0.15) is 18.8 Å². The van der Waals surface area contributed by atoms with Gasteiger partial charge < -0.3 is 15.4 Å². The maximum atomic E-state index is 5.92. The lowest BCUT2D eigenvalue weighted by molar-refractivity contribution is 0.327. The maximum absolute atomic E-state index is 5.92. The van der Waals surface area contributed by atoms with E-state index in [1.54, 1.807) is 6.33 Å². The Bertz CT molecular complexity index is 1130. The summed E-state index contributed by atoms with van der Waals surface area (Å²) in [5.74, 6) is 2.52. The number of nitrogens with zero attached hydrogens (tertiary/aromatic N) is 2. The lowest BCUT2D eigenvalue weighted by Gasteiger charge is -2.21. The molecule has 0 fully saturated rings. The summed E-state index contributed by atoms with van der Waals surface area (Å²) in [4.78, 5) is 10.1. The van der Waals surface area contributed by atoms with Crippen molar-refractivity contribution < 1.29 is 4.74 Å². The fourth-order valence-electron chi connectivity index (χ4n) is 3.36. The Labute approximate surface area is 173 Å². The molecular weight excluding hydrogens is 380 g/mol. The fourth-order valence-corrected chi connectivity index (χ4v) is 4.21. The van der Waals surface area contributed by atoms with Crippen LogP contribution in [0.4, 0.5) is 17.2 Å². The highest BCUT2D eigenvalue weighted by Crippen LogP contribution is 2.39. The maximum Gasteiger partial charge on any atom is 0.155 e. The van der Waals surface area contributed by atoms with E-state index in [0.29, 0.717) is 6.61 Å². The van der Waals surface area contributed by atoms with Crippen molar-refractivity contribution in [3.63, 3.8) is 0 Å². The summed E-state index contributed by atoms with van der Waals surface area (Å²) in [7, 11) is 0. The van der Waals surface area contributed by atoms with E-state index >= 15 is 0 Å². The molecule has 0 amide bonds. The Balaban J connectivity index is 1.37. The number of benzene rings is 3. The van der Waals surface area contributed by atoms with Crippen molar-refractivity contribution in [2.24, 2.45) is 0 Å². The molecule has 0 aliphatic carbocycles. The van der Waals surface area contributed by atoms with Crippen LogP contribution in [0.5, 0.6) is 5.75 Å². The number of rotatable bonds is 5. The minimum atomic E-state index is 0.633. The van der Waals surface area contributed by atoms with Crippen LogP contribution in [-0.4, -0.2) is 23.1 Å². The van der Waals surface area contributed by atoms with Crippen molar-refractivity contribution >= 4 is 39.9 Å². The predicted molar refractivity (Wildman–Crippen MR) is 119 cm³/mol. The smallest absolute Gasteiger partial charge is 0.155 e. The van der Waals surface area contributed by atoms with Gasteiger partial charge in [0.15, 0.2) is 5.75 Å². The molecule has 5 nitrogen and oxygen atoms in total. The minimum absolute atomic E-state index is 0.633. The van der Waals surface area contributed by atoms with Crippen molar-refractivity contribution in [1.82, 2.24) is 9.97 Å². The summed E-state index contributed by atoms with van der Waals surface area (Å²) in [6, 6.07) is 22.9. The molecule has 0 bridgehead atoms. The number of thioether (sulfide) groups is 1. The summed E-state index contributed by atoms with van der Waals surface area (Å²) >= 11 is 1.83. The Hall–Kier alpha value is -3.25. The normalized spacial score (nSPS) is 12.7. The second-order valence-electron chi connectivity index (χ2n) is 6.76. The molecule has 29 heavy (non-hydrogen) atoms. The van der Waals surface area contributed by atoms with Gasteiger partial charge in [0.05, 0.1) is 16.6 Å². The summed E-state index contributed by atoms with van der Waals surface area (Å²) in [5.41, 5.74) is 4.15. The van der Waals surface area contributed by atoms with Crippen molar-refractivity contribution in [1.29, 1.82) is 0 Å². The van der Waals surface area contributed by atoms with Crippen LogP contribution in [0, 0.1) is 0 Å². The molecule has 6 heteroatoms. The molecule has 0 atom stereocenters. The van der Waals surface area contributed by atoms with Crippen LogP contribution in [0.15, 0.2) is 78.0 Å². The molecule has 2 heterocycles. The third-order valence-corrected chi connectivity index (χ3v) is 5.87. The molecule has 4 aromatic rings. The molecule has 1 aromatic heterocycles. The number of fused-ring (bicyclic) bond motifs is 3. The molecule has 2 N–H and O–H groups in total. The van der Waals surface area contributed by atoms with Crippen molar-refractivity contribution in [2.45, 2.75) is 10.6 Å². The van der Waals surface area contributed by atoms with Crippen LogP contribution in [-0.2, 0) is 5.75 Å². The van der Waals surface area contributed by atoms with Crippen LogP contribution >= 0.6 is 11.8 Å². The number of anilines is 3. The Morgan fingerprint density at radius 1 is 0.966 bits per heavy atom. The Morgan fingerprint density at radius 2 is 1.83 bits per heavy atom. The number of nitrogens with one attached hydrogen (secondary N) is 2. The fraction of sp³-hybridized carbons (Fsp3) is 0.130. The quantitative estimate of drug-likeness (QED) is 0.433. The van der Waals surface area contributed by atoms with Crippen LogP contribution in [0.3, 0.4) is 0 Å². The third kappa shape index (κ3) is 3.84. The van der Waals surface area contributed by atoms with E-state index in [2.05, 4.69) is 69.1 Å². The van der Waals surface area contributed by atoms with Gasteiger partial charge in [-0.05, 0) is 42.0 Å². The van der Waals surface area contributed by atoms with Crippen LogP contribution in [0.2, 0.25) is 0 Å². The van der Waals surface area contributed by atoms with Crippen molar-refractivity contribution in [3.05, 3.63) is 78.6 Å². The zero-order chi connectivity index (χ0) is 19.5. The van der Waals surface area contributed by atoms with Gasteiger partial charge in [0, 0.05) is 22.9 Å². The molecule has 0 spiro atoms. The summed E-state index contributed by atoms with van der Waals surface area (Å²) in [6.07, 6.45) is 1.58. The second kappa shape index (κ2) is 8.01. The standard InChI is InChI=1S/C23H20N4OS/c1-2-4-16(5-3-1)14-29-18-8-6-17(7-9-18)27-23-21-19(25-15-26-23)10-11-20-22(21)28-13-12-24-20/h1-11,15,24H,12-14H2,(H,25,26,27). The number of hydrogen-bond donors (Lipinski definition) is 2. The topological polar surface area (TPSA) is 59.1 Å². The summed E-state index contributed by atoms with van der Waals surface area (Å²) < 4.78 is 5.92. The molecule has 0 radical (unpaired) electrons. The SMILES string of the molecule is c1ccc(CSc2ccc(Nc3ncnc4ccc5c(c34)OCCN5)cc2)cc1. The summed E-state index contributed by atoms with van der Waals surface area (Å²) in [5, 5.41) is 7.70. The average molecular weight is 401 g/mol. The van der Waals surface area contributed by atoms with Gasteiger partial charge in [-0.1, -0.05) is 30.3 Å². The van der Waals surface area contributed by atoms with E-state index in [1.807, 2.05) is 30.0 Å². The van der Waals surface area contributed by atoms with Crippen molar-refractivity contribution in [2.75, 3.05) is 23.8 Å². The molecule has 1 aliphatic heterocycles. The second-order valence-corrected chi connectivity index (χ2v) is 7.81. The highest BCUT2D eigenvalue weighted by atomic mass is 32.2. The van der Waals surface area contributed by atoms with Gasteiger partial charge >= 0.3 is 0 Å². The van der Waals surface area contributed by atoms with Crippen LogP contribution < -0.4 is 15.4 Å². The van der Waals surface area contributed by atoms with E-state index in [0.717, 1.165) is 46.1 Å². The molecule has 1 aliphatic rings. The molecule has 3 aromatic carbocycles. The predicted octanol–water partition coefficient (Wildman–Crippen LogP) is 5.47. The van der Waals surface area contributed by atoms with E-state index in [4.69, 9.17) is 4.74 Å². The first-order chi connectivity index (χ1) is 14.4. The van der Waals surface area contributed by atoms with Gasteiger partial charge in [-0.25, -0.2) is 9.97 Å². The first-order valence-corrected chi connectivity index (χ1v) is 10.5. The van der Waals surface area contributed by atoms with Gasteiger partial charge in [-0.15, -0.1) is 11.8 Å². The number of ether oxygens (including phenoxy) is 1. The number of hydrogen-bond acceptors (Lipinski definition) is 6. The van der Waals surface area contributed by atoms with Crippen LogP contribution in [0.1, 0.15) is 5.56 Å². The molecule has 0 saturated heterocycles. The first-order valence-electron chi connectivity index (χ1n) is 9.55. The molecule has 0 saturated carbocycles. The Morgan fingerprint density at radius 3 is 2.69 bits per heavy atom. The summed E-state index contributed by atoms with van der Waals surface area (Å²) in [6.45, 7) is 1.44. The van der Waals surface area contributed by atoms with Gasteiger partial charge in [0.25, 0.3) is 0 Å². The average Bonchev–Trinajstić information content (AvgIpc) is 2.79. The number of aromatic nitrogens is 2. The molecule has 144 valence electrons. The van der Waals surface area contributed by atoms with E-state index in [9.17, 15) is 0 Å². The van der Waals surface area contributed by atoms with Crippen LogP contribution in [0.25, 0.3) is 10.9 Å². The lowest BCUT2D eigenvalue weighted by Crippen LogP contribution is -2.18. The zero-order valence-electron chi connectivity index (χ0n) is 15.8. The van der Waals surface area contributed by atoms with Gasteiger partial charge in [0.2, 0.25) is 0 Å². The highest BCUT2D eigenvalue weighted by Gasteiger charge is 2.17. The van der Waals surface area contributed by atoms with E-state index in [1.165, 1.54) is 10.5 Å². The molecule has 5 rings (SSSR count). The van der Waals surface area contributed by atoms with E-state index < -0.39 is 0 Å². The van der Waals surface area contributed by atoms with E-state index in [-0.39, 0.29) is 0 Å². The monoisotopic (exact) mass is 400 g/mol. The molecule has 0 unspecified atom stereocenters. The zero-order valence-corrected chi connectivity index (χ0v) is 16.6. The van der Waals surface area contributed by atoms with Gasteiger partial charge in [-0.2, -0.15) is 0 Å². The largest absolute Gasteiger partial charge is 0.489 e.